The summed E-state index contributed by atoms with van der Waals surface area (Å²) >= 11 is 0. The van der Waals surface area contributed by atoms with E-state index in [0.717, 1.165) is 10.8 Å². The molecule has 11 heteroatoms. The maximum absolute atomic E-state index is 13.8. The summed E-state index contributed by atoms with van der Waals surface area (Å²) in [7, 11) is 3.37. The molecule has 2 heterocycles. The highest BCUT2D eigenvalue weighted by molar-refractivity contribution is 6.06. The molecule has 1 aliphatic rings. The molecule has 5 rings (SSSR count). The van der Waals surface area contributed by atoms with Crippen molar-refractivity contribution in [1.82, 2.24) is 19.6 Å². The normalized spacial score (nSPS) is 17.2. The number of fused-ring (bicyclic) bond motifs is 2. The Morgan fingerprint density at radius 3 is 2.52 bits per heavy atom. The Morgan fingerprint density at radius 2 is 1.80 bits per heavy atom. The zero-order valence-corrected chi connectivity index (χ0v) is 25.6. The van der Waals surface area contributed by atoms with Crippen molar-refractivity contribution in [3.8, 4) is 5.75 Å². The molecule has 230 valence electrons. The average Bonchev–Trinajstić information content (AvgIpc) is 3.36. The maximum Gasteiger partial charge on any atom is 0.321 e. The van der Waals surface area contributed by atoms with E-state index in [-0.39, 0.29) is 42.3 Å². The number of aromatic nitrogens is 2. The summed E-state index contributed by atoms with van der Waals surface area (Å²) in [6.07, 6.45) is -0.560. The zero-order chi connectivity index (χ0) is 31.5. The fourth-order valence-corrected chi connectivity index (χ4v) is 5.47. The predicted octanol–water partition coefficient (Wildman–Crippen LogP) is 4.52. The summed E-state index contributed by atoms with van der Waals surface area (Å²) in [6.45, 7) is 5.79. The minimum absolute atomic E-state index is 0.190. The number of para-hydroxylation sites is 1. The van der Waals surface area contributed by atoms with Crippen molar-refractivity contribution in [2.75, 3.05) is 37.4 Å². The molecule has 0 saturated carbocycles. The van der Waals surface area contributed by atoms with Gasteiger partial charge in [0.2, 0.25) is 0 Å². The number of nitrogens with one attached hydrogen (secondary N) is 2. The Kier molecular flexibility index (Phi) is 8.86. The van der Waals surface area contributed by atoms with Gasteiger partial charge in [0, 0.05) is 31.9 Å². The van der Waals surface area contributed by atoms with E-state index in [1.165, 1.54) is 4.68 Å². The van der Waals surface area contributed by atoms with Crippen LogP contribution in [0.3, 0.4) is 0 Å². The van der Waals surface area contributed by atoms with E-state index in [1.54, 1.807) is 62.0 Å². The van der Waals surface area contributed by atoms with E-state index in [9.17, 15) is 19.5 Å². The molecule has 4 amide bonds. The molecule has 3 atom stereocenters. The van der Waals surface area contributed by atoms with E-state index >= 15 is 0 Å². The molecule has 11 nitrogen and oxygen atoms in total. The van der Waals surface area contributed by atoms with Crippen LogP contribution in [0.1, 0.15) is 40.4 Å². The minimum atomic E-state index is -0.560. The lowest BCUT2D eigenvalue weighted by molar-refractivity contribution is 0.0372. The number of carbonyl (C=O) groups is 3. The topological polar surface area (TPSA) is 129 Å². The molecular weight excluding hydrogens is 560 g/mol. The number of nitrogens with zero attached hydrogens (tertiary/aromatic N) is 4. The van der Waals surface area contributed by atoms with Gasteiger partial charge in [-0.25, -0.2) is 4.79 Å². The summed E-state index contributed by atoms with van der Waals surface area (Å²) in [4.78, 5) is 43.6. The molecule has 3 aromatic carbocycles. The summed E-state index contributed by atoms with van der Waals surface area (Å²) < 4.78 is 8.05. The first kappa shape index (κ1) is 30.6. The maximum atomic E-state index is 13.8. The Labute approximate surface area is 256 Å². The van der Waals surface area contributed by atoms with Gasteiger partial charge in [0.25, 0.3) is 11.8 Å². The van der Waals surface area contributed by atoms with E-state index < -0.39 is 18.1 Å². The molecule has 0 fully saturated rings. The number of carbonyl (C=O) groups excluding carboxylic acids is 3. The number of benzene rings is 3. The lowest BCUT2D eigenvalue weighted by Gasteiger charge is -2.38. The van der Waals surface area contributed by atoms with Crippen LogP contribution in [0.4, 0.5) is 16.2 Å². The molecule has 0 saturated heterocycles. The Hall–Kier alpha value is -4.90. The third-order valence-electron chi connectivity index (χ3n) is 8.01. The van der Waals surface area contributed by atoms with Gasteiger partial charge in [-0.2, -0.15) is 5.10 Å². The molecule has 0 radical (unpaired) electrons. The van der Waals surface area contributed by atoms with Gasteiger partial charge in [0.15, 0.2) is 5.75 Å². The first-order chi connectivity index (χ1) is 21.1. The van der Waals surface area contributed by atoms with Crippen molar-refractivity contribution in [1.29, 1.82) is 0 Å². The number of hydrogen-bond donors (Lipinski definition) is 3. The van der Waals surface area contributed by atoms with E-state index in [0.29, 0.717) is 29.3 Å². The van der Waals surface area contributed by atoms with Crippen molar-refractivity contribution in [3.63, 3.8) is 0 Å². The van der Waals surface area contributed by atoms with Crippen molar-refractivity contribution >= 4 is 40.0 Å². The van der Waals surface area contributed by atoms with Gasteiger partial charge in [0.05, 0.1) is 41.8 Å². The third-order valence-corrected chi connectivity index (χ3v) is 8.01. The van der Waals surface area contributed by atoms with E-state index in [4.69, 9.17) is 4.74 Å². The highest BCUT2D eigenvalue weighted by Crippen LogP contribution is 2.35. The van der Waals surface area contributed by atoms with Gasteiger partial charge in [0.1, 0.15) is 11.8 Å². The molecule has 0 spiro atoms. The highest BCUT2D eigenvalue weighted by Gasteiger charge is 2.35. The fourth-order valence-electron chi connectivity index (χ4n) is 5.47. The third kappa shape index (κ3) is 6.23. The lowest BCUT2D eigenvalue weighted by Crippen LogP contribution is -2.50. The largest absolute Gasteiger partial charge is 0.485 e. The van der Waals surface area contributed by atoms with Crippen molar-refractivity contribution in [2.45, 2.75) is 32.9 Å². The SMILES string of the molecule is Cc1cc(C(=O)Nc2cccc3c2O[C@@H](CN(C)C(=O)Nc2cccc4ccccc24)[C@@H](C)CN([C@H](C)CO)C3=O)n(C)n1. The molecular formula is C33H38N6O5. The number of urea groups is 1. The molecule has 44 heavy (non-hydrogen) atoms. The van der Waals surface area contributed by atoms with Crippen LogP contribution < -0.4 is 15.4 Å². The first-order valence-electron chi connectivity index (χ1n) is 14.6. The monoisotopic (exact) mass is 598 g/mol. The predicted molar refractivity (Wildman–Crippen MR) is 169 cm³/mol. The minimum Gasteiger partial charge on any atom is -0.485 e. The number of amides is 4. The summed E-state index contributed by atoms with van der Waals surface area (Å²) in [5.41, 5.74) is 2.31. The van der Waals surface area contributed by atoms with Gasteiger partial charge in [-0.05, 0) is 43.5 Å². The van der Waals surface area contributed by atoms with Crippen LogP contribution in [0.25, 0.3) is 10.8 Å². The number of aryl methyl sites for hydroxylation is 2. The second-order valence-electron chi connectivity index (χ2n) is 11.4. The van der Waals surface area contributed by atoms with Crippen LogP contribution >= 0.6 is 0 Å². The summed E-state index contributed by atoms with van der Waals surface area (Å²) in [5, 5.41) is 22.1. The smallest absolute Gasteiger partial charge is 0.321 e. The van der Waals surface area contributed by atoms with Crippen molar-refractivity contribution in [2.24, 2.45) is 13.0 Å². The van der Waals surface area contributed by atoms with Gasteiger partial charge in [-0.15, -0.1) is 0 Å². The van der Waals surface area contributed by atoms with Crippen LogP contribution in [0.15, 0.2) is 66.7 Å². The fraction of sp³-hybridized carbons (Fsp3) is 0.333. The van der Waals surface area contributed by atoms with Crippen LogP contribution in [-0.4, -0.2) is 81.4 Å². The van der Waals surface area contributed by atoms with Gasteiger partial charge < -0.3 is 30.3 Å². The molecule has 1 aromatic heterocycles. The number of likely N-dealkylation sites (N-methyl/N-ethyl adjacent to an activating group) is 1. The van der Waals surface area contributed by atoms with Crippen LogP contribution in [0.2, 0.25) is 0 Å². The molecule has 0 unspecified atom stereocenters. The number of aliphatic hydroxyl groups excluding tert-OH is 1. The second-order valence-corrected chi connectivity index (χ2v) is 11.4. The number of rotatable bonds is 7. The molecule has 0 bridgehead atoms. The Morgan fingerprint density at radius 1 is 1.09 bits per heavy atom. The van der Waals surface area contributed by atoms with Gasteiger partial charge in [-0.3, -0.25) is 14.3 Å². The summed E-state index contributed by atoms with van der Waals surface area (Å²) in [6, 6.07) is 19.5. The first-order valence-corrected chi connectivity index (χ1v) is 14.6. The molecule has 0 aliphatic carbocycles. The molecule has 4 aromatic rings. The quantitative estimate of drug-likeness (QED) is 0.287. The molecule has 1 aliphatic heterocycles. The Bertz CT molecular complexity index is 1700. The number of ether oxygens (including phenoxy) is 1. The summed E-state index contributed by atoms with van der Waals surface area (Å²) in [5.74, 6) is -0.755. The van der Waals surface area contributed by atoms with Crippen LogP contribution in [0.5, 0.6) is 5.75 Å². The lowest BCUT2D eigenvalue weighted by atomic mass is 9.99. The van der Waals surface area contributed by atoms with Gasteiger partial charge in [-0.1, -0.05) is 49.4 Å². The Balaban J connectivity index is 1.45. The standard InChI is InChI=1S/C33H38N6O5/c1-20-17-39(22(3)19-40)32(42)25-13-9-15-27(34-31(41)28-16-21(2)36-38(28)5)30(25)44-29(20)18-37(4)33(43)35-26-14-8-11-23-10-6-7-12-24(23)26/h6-16,20,22,29,40H,17-19H2,1-5H3,(H,34,41)(H,35,43)/t20-,22+,29-/m0/s1. The van der Waals surface area contributed by atoms with Crippen molar-refractivity contribution < 1.29 is 24.2 Å². The number of anilines is 2. The highest BCUT2D eigenvalue weighted by atomic mass is 16.5. The van der Waals surface area contributed by atoms with Crippen LogP contribution in [-0.2, 0) is 7.05 Å². The number of hydrogen-bond acceptors (Lipinski definition) is 6. The second kappa shape index (κ2) is 12.8. The number of aliphatic hydroxyl groups is 1. The van der Waals surface area contributed by atoms with Crippen LogP contribution in [0, 0.1) is 12.8 Å². The average molecular weight is 599 g/mol. The molecule has 3 N–H and O–H groups in total. The van der Waals surface area contributed by atoms with Crippen molar-refractivity contribution in [3.05, 3.63) is 83.7 Å². The van der Waals surface area contributed by atoms with E-state index in [1.807, 2.05) is 49.4 Å². The van der Waals surface area contributed by atoms with E-state index in [2.05, 4.69) is 15.7 Å². The van der Waals surface area contributed by atoms with Gasteiger partial charge >= 0.3 is 6.03 Å². The zero-order valence-electron chi connectivity index (χ0n) is 25.6.